The van der Waals surface area contributed by atoms with Crippen molar-refractivity contribution in [3.63, 3.8) is 0 Å². The third-order valence-electron chi connectivity index (χ3n) is 1.47. The highest BCUT2D eigenvalue weighted by Gasteiger charge is 2.02. The number of nitrogens with zero attached hydrogens (tertiary/aromatic N) is 2. The van der Waals surface area contributed by atoms with E-state index in [-0.39, 0.29) is 0 Å². The highest BCUT2D eigenvalue weighted by atomic mass is 14.8. The zero-order chi connectivity index (χ0) is 9.56. The van der Waals surface area contributed by atoms with Crippen molar-refractivity contribution in [1.29, 1.82) is 0 Å². The van der Waals surface area contributed by atoms with Gasteiger partial charge in [-0.1, -0.05) is 27.7 Å². The first-order valence-corrected chi connectivity index (χ1v) is 4.49. The molecule has 0 aromatic carbocycles. The fourth-order valence-corrected chi connectivity index (χ4v) is 0.985. The van der Waals surface area contributed by atoms with Crippen molar-refractivity contribution in [2.24, 2.45) is 0 Å². The zero-order valence-corrected chi connectivity index (χ0v) is 8.63. The molecule has 0 fully saturated rings. The third kappa shape index (κ3) is 2.99. The lowest BCUT2D eigenvalue weighted by molar-refractivity contribution is 0.795. The summed E-state index contributed by atoms with van der Waals surface area (Å²) < 4.78 is 0. The van der Waals surface area contributed by atoms with Crippen LogP contribution in [0.5, 0.6) is 0 Å². The molecule has 1 heterocycles. The molecular weight excluding hydrogens is 148 g/mol. The van der Waals surface area contributed by atoms with Crippen LogP contribution in [0.3, 0.4) is 0 Å². The van der Waals surface area contributed by atoms with E-state index < -0.39 is 0 Å². The Morgan fingerprint density at radius 3 is 1.92 bits per heavy atom. The van der Waals surface area contributed by atoms with Gasteiger partial charge >= 0.3 is 0 Å². The maximum Gasteiger partial charge on any atom is 0.0641 e. The van der Waals surface area contributed by atoms with Gasteiger partial charge in [0, 0.05) is 12.4 Å². The van der Waals surface area contributed by atoms with Crippen LogP contribution in [0.2, 0.25) is 0 Å². The van der Waals surface area contributed by atoms with Crippen molar-refractivity contribution >= 4 is 0 Å². The minimum atomic E-state index is 0.480. The summed E-state index contributed by atoms with van der Waals surface area (Å²) in [6, 6.07) is 0. The monoisotopic (exact) mass is 166 g/mol. The van der Waals surface area contributed by atoms with E-state index >= 15 is 0 Å². The predicted molar refractivity (Wildman–Crippen MR) is 52.2 cm³/mol. The van der Waals surface area contributed by atoms with Crippen LogP contribution >= 0.6 is 0 Å². The maximum absolute atomic E-state index is 4.22. The number of hydrogen-bond acceptors (Lipinski definition) is 2. The Morgan fingerprint density at radius 2 is 1.58 bits per heavy atom. The standard InChI is InChI=1S/C8H12N2.C2H6/c1-6(2)8-7(3)9-4-5-10-8;1-2/h4-6H,1-3H3;1-2H3. The van der Waals surface area contributed by atoms with Crippen LogP contribution in [0, 0.1) is 6.92 Å². The van der Waals surface area contributed by atoms with Crippen LogP contribution in [-0.4, -0.2) is 9.97 Å². The summed E-state index contributed by atoms with van der Waals surface area (Å²) >= 11 is 0. The molecule has 0 saturated carbocycles. The van der Waals surface area contributed by atoms with Gasteiger partial charge in [0.15, 0.2) is 0 Å². The van der Waals surface area contributed by atoms with E-state index in [4.69, 9.17) is 0 Å². The van der Waals surface area contributed by atoms with Crippen LogP contribution < -0.4 is 0 Å². The number of hydrogen-bond donors (Lipinski definition) is 0. The molecule has 0 bridgehead atoms. The second-order valence-electron chi connectivity index (χ2n) is 2.68. The second kappa shape index (κ2) is 5.70. The third-order valence-corrected chi connectivity index (χ3v) is 1.47. The fraction of sp³-hybridized carbons (Fsp3) is 0.600. The summed E-state index contributed by atoms with van der Waals surface area (Å²) in [5.41, 5.74) is 2.14. The van der Waals surface area contributed by atoms with Gasteiger partial charge in [0.25, 0.3) is 0 Å². The molecule has 1 aromatic heterocycles. The smallest absolute Gasteiger partial charge is 0.0641 e. The quantitative estimate of drug-likeness (QED) is 0.641. The summed E-state index contributed by atoms with van der Waals surface area (Å²) in [6.07, 6.45) is 3.46. The minimum Gasteiger partial charge on any atom is -0.258 e. The number of rotatable bonds is 1. The molecule has 0 amide bonds. The first-order valence-electron chi connectivity index (χ1n) is 4.49. The maximum atomic E-state index is 4.22. The molecule has 0 radical (unpaired) electrons. The Balaban J connectivity index is 0.000000561. The van der Waals surface area contributed by atoms with Gasteiger partial charge in [-0.15, -0.1) is 0 Å². The SMILES string of the molecule is CC.Cc1nccnc1C(C)C. The lowest BCUT2D eigenvalue weighted by Crippen LogP contribution is -1.97. The molecule has 0 aliphatic heterocycles. The summed E-state index contributed by atoms with van der Waals surface area (Å²) in [6.45, 7) is 10.2. The van der Waals surface area contributed by atoms with Gasteiger partial charge in [0.1, 0.15) is 0 Å². The molecule has 2 nitrogen and oxygen atoms in total. The van der Waals surface area contributed by atoms with Gasteiger partial charge in [0.2, 0.25) is 0 Å². The topological polar surface area (TPSA) is 25.8 Å². The van der Waals surface area contributed by atoms with Crippen molar-refractivity contribution in [2.45, 2.75) is 40.5 Å². The average Bonchev–Trinajstić information content (AvgIpc) is 2.08. The molecule has 0 saturated heterocycles. The molecule has 12 heavy (non-hydrogen) atoms. The van der Waals surface area contributed by atoms with Crippen molar-refractivity contribution in [2.75, 3.05) is 0 Å². The van der Waals surface area contributed by atoms with E-state index in [0.717, 1.165) is 11.4 Å². The summed E-state index contributed by atoms with van der Waals surface area (Å²) in [5, 5.41) is 0. The summed E-state index contributed by atoms with van der Waals surface area (Å²) in [7, 11) is 0. The Kier molecular flexibility index (Phi) is 5.26. The molecule has 0 atom stereocenters. The van der Waals surface area contributed by atoms with E-state index in [1.54, 1.807) is 12.4 Å². The summed E-state index contributed by atoms with van der Waals surface area (Å²) in [5.74, 6) is 0.480. The van der Waals surface area contributed by atoms with Crippen LogP contribution in [0.1, 0.15) is 45.0 Å². The van der Waals surface area contributed by atoms with Crippen LogP contribution in [0.25, 0.3) is 0 Å². The molecule has 0 unspecified atom stereocenters. The number of aryl methyl sites for hydroxylation is 1. The van der Waals surface area contributed by atoms with Crippen LogP contribution in [0.15, 0.2) is 12.4 Å². The predicted octanol–water partition coefficient (Wildman–Crippen LogP) is 2.93. The molecular formula is C10H18N2. The number of aromatic nitrogens is 2. The van der Waals surface area contributed by atoms with Gasteiger partial charge in [-0.05, 0) is 12.8 Å². The highest BCUT2D eigenvalue weighted by Crippen LogP contribution is 2.12. The Hall–Kier alpha value is -0.920. The zero-order valence-electron chi connectivity index (χ0n) is 8.63. The average molecular weight is 166 g/mol. The molecule has 0 aliphatic rings. The molecule has 68 valence electrons. The summed E-state index contributed by atoms with van der Waals surface area (Å²) in [4.78, 5) is 8.35. The molecule has 0 N–H and O–H groups in total. The van der Waals surface area contributed by atoms with E-state index in [1.165, 1.54) is 0 Å². The molecule has 0 spiro atoms. The van der Waals surface area contributed by atoms with Gasteiger partial charge in [-0.3, -0.25) is 9.97 Å². The molecule has 1 aromatic rings. The van der Waals surface area contributed by atoms with Crippen molar-refractivity contribution < 1.29 is 0 Å². The van der Waals surface area contributed by atoms with Gasteiger partial charge in [-0.25, -0.2) is 0 Å². The molecule has 2 heteroatoms. The largest absolute Gasteiger partial charge is 0.258 e. The van der Waals surface area contributed by atoms with Crippen LogP contribution in [0.4, 0.5) is 0 Å². The van der Waals surface area contributed by atoms with Crippen LogP contribution in [-0.2, 0) is 0 Å². The van der Waals surface area contributed by atoms with Crippen molar-refractivity contribution in [3.05, 3.63) is 23.8 Å². The molecule has 0 aliphatic carbocycles. The Morgan fingerprint density at radius 1 is 1.08 bits per heavy atom. The van der Waals surface area contributed by atoms with E-state index in [2.05, 4.69) is 23.8 Å². The van der Waals surface area contributed by atoms with E-state index in [9.17, 15) is 0 Å². The Labute approximate surface area is 75.1 Å². The van der Waals surface area contributed by atoms with E-state index in [0.29, 0.717) is 5.92 Å². The fourth-order valence-electron chi connectivity index (χ4n) is 0.985. The lowest BCUT2D eigenvalue weighted by Gasteiger charge is -2.04. The van der Waals surface area contributed by atoms with Crippen molar-refractivity contribution in [3.8, 4) is 0 Å². The van der Waals surface area contributed by atoms with Crippen molar-refractivity contribution in [1.82, 2.24) is 9.97 Å². The van der Waals surface area contributed by atoms with Gasteiger partial charge < -0.3 is 0 Å². The minimum absolute atomic E-state index is 0.480. The Bertz CT molecular complexity index is 219. The van der Waals surface area contributed by atoms with Gasteiger partial charge in [0.05, 0.1) is 11.4 Å². The first kappa shape index (κ1) is 11.1. The second-order valence-corrected chi connectivity index (χ2v) is 2.68. The normalized spacial score (nSPS) is 9.17. The van der Waals surface area contributed by atoms with E-state index in [1.807, 2.05) is 20.8 Å². The van der Waals surface area contributed by atoms with Gasteiger partial charge in [-0.2, -0.15) is 0 Å². The highest BCUT2D eigenvalue weighted by molar-refractivity contribution is 5.11. The first-order chi connectivity index (χ1) is 5.72. The lowest BCUT2D eigenvalue weighted by atomic mass is 10.1. The molecule has 1 rings (SSSR count).